The molecule has 3 aromatic heterocycles. The van der Waals surface area contributed by atoms with Gasteiger partial charge in [-0.2, -0.15) is 13.2 Å². The highest BCUT2D eigenvalue weighted by atomic mass is 32.1. The number of carbonyl (C=O) groups is 3. The van der Waals surface area contributed by atoms with Crippen molar-refractivity contribution >= 4 is 45.9 Å². The van der Waals surface area contributed by atoms with Crippen LogP contribution in [0.3, 0.4) is 0 Å². The molecule has 0 spiro atoms. The highest BCUT2D eigenvalue weighted by Gasteiger charge is 2.37. The van der Waals surface area contributed by atoms with Gasteiger partial charge in [-0.1, -0.05) is 13.8 Å². The maximum Gasteiger partial charge on any atom is 0.408 e. The number of alkyl halides is 3. The topological polar surface area (TPSA) is 170 Å². The molecular formula is C44H57F4N7O8S. The fraction of sp³-hybridized carbons (Fsp3) is 0.568. The number of nitrogens with one attached hydrogen (secondary N) is 2. The van der Waals surface area contributed by atoms with Crippen molar-refractivity contribution in [2.75, 3.05) is 58.6 Å². The number of ether oxygens (including phenoxy) is 4. The summed E-state index contributed by atoms with van der Waals surface area (Å²) in [5, 5.41) is 16.6. The Labute approximate surface area is 373 Å². The normalized spacial score (nSPS) is 17.4. The molecule has 3 N–H and O–H groups in total. The molecule has 0 unspecified atom stereocenters. The van der Waals surface area contributed by atoms with Crippen LogP contribution in [-0.4, -0.2) is 120 Å². The van der Waals surface area contributed by atoms with Gasteiger partial charge < -0.3 is 38.8 Å². The number of methoxy groups -OCH3 is 2. The molecule has 1 aromatic carbocycles. The van der Waals surface area contributed by atoms with E-state index >= 15 is 4.39 Å². The summed E-state index contributed by atoms with van der Waals surface area (Å²) >= 11 is 1.10. The molecule has 20 heteroatoms. The van der Waals surface area contributed by atoms with Crippen molar-refractivity contribution in [2.24, 2.45) is 5.41 Å². The van der Waals surface area contributed by atoms with Gasteiger partial charge in [0, 0.05) is 61.7 Å². The number of pyridine rings is 1. The Bertz CT molecular complexity index is 2320. The smallest absolute Gasteiger partial charge is 0.408 e. The Balaban J connectivity index is 1.48. The minimum atomic E-state index is -4.73. The van der Waals surface area contributed by atoms with Crippen LogP contribution in [0.15, 0.2) is 29.8 Å². The number of aliphatic hydroxyl groups excluding tert-OH is 1. The van der Waals surface area contributed by atoms with Crippen molar-refractivity contribution in [1.29, 1.82) is 0 Å². The molecule has 0 saturated carbocycles. The van der Waals surface area contributed by atoms with E-state index in [4.69, 9.17) is 23.9 Å². The second-order valence-corrected chi connectivity index (χ2v) is 18.8. The summed E-state index contributed by atoms with van der Waals surface area (Å²) in [7, 11) is 2.72. The number of aromatic nitrogens is 3. The van der Waals surface area contributed by atoms with Gasteiger partial charge in [-0.25, -0.2) is 19.6 Å². The number of hydrazine groups is 1. The van der Waals surface area contributed by atoms with Crippen LogP contribution in [0.2, 0.25) is 0 Å². The molecule has 4 aromatic rings. The summed E-state index contributed by atoms with van der Waals surface area (Å²) in [4.78, 5) is 50.8. The number of morpholine rings is 1. The fourth-order valence-corrected chi connectivity index (χ4v) is 8.72. The number of anilines is 1. The number of nitrogens with zero attached hydrogens (tertiary/aromatic N) is 5. The second-order valence-electron chi connectivity index (χ2n) is 17.8. The minimum Gasteiger partial charge on any atom is -0.468 e. The first kappa shape index (κ1) is 48.6. The predicted octanol–water partition coefficient (Wildman–Crippen LogP) is 6.74. The zero-order chi connectivity index (χ0) is 46.7. The van der Waals surface area contributed by atoms with Crippen molar-refractivity contribution in [3.8, 4) is 22.5 Å². The molecule has 5 heterocycles. The Morgan fingerprint density at radius 2 is 1.78 bits per heavy atom. The monoisotopic (exact) mass is 919 g/mol. The highest BCUT2D eigenvalue weighted by molar-refractivity contribution is 7.10. The van der Waals surface area contributed by atoms with Crippen LogP contribution >= 0.6 is 11.3 Å². The van der Waals surface area contributed by atoms with Gasteiger partial charge in [-0.05, 0) is 76.1 Å². The summed E-state index contributed by atoms with van der Waals surface area (Å²) in [6.45, 7) is 10.8. The zero-order valence-electron chi connectivity index (χ0n) is 37.4. The molecule has 15 nitrogen and oxygen atoms in total. The van der Waals surface area contributed by atoms with E-state index in [1.54, 1.807) is 59.2 Å². The standard InChI is InChI=1S/C44H57F4N7O8S/c1-25(60-7)37-29(16-26(21-49-37)53-12-14-62-15-13-53)38-30(20-43(5,6)24-56)27-17-28(31(45)18-35(27)54(38)23-44(46,47)48)34-22-64-36(50-34)19-33(51-41(59)63-42(2,3)4)39(57)55-11-9-10-32(52-55)40(58)61-8/h16-18,21-22,25,32-33,52,56H,9-15,19-20,23-24H2,1-8H3,(H,51,59)/t25-,32-,33-/m0/s1. The Morgan fingerprint density at radius 3 is 2.42 bits per heavy atom. The minimum absolute atomic E-state index is 0.0129. The van der Waals surface area contributed by atoms with Gasteiger partial charge in [0.05, 0.1) is 65.9 Å². The molecule has 350 valence electrons. The lowest BCUT2D eigenvalue weighted by Gasteiger charge is -2.34. The number of amides is 2. The van der Waals surface area contributed by atoms with Gasteiger partial charge in [-0.15, -0.1) is 11.3 Å². The molecule has 0 radical (unpaired) electrons. The molecule has 64 heavy (non-hydrogen) atoms. The molecule has 2 saturated heterocycles. The lowest BCUT2D eigenvalue weighted by Crippen LogP contribution is -2.60. The number of aliphatic hydroxyl groups is 1. The van der Waals surface area contributed by atoms with Crippen LogP contribution in [0.25, 0.3) is 33.4 Å². The number of esters is 1. The number of carbonyl (C=O) groups excluding carboxylic acids is 3. The van der Waals surface area contributed by atoms with E-state index in [-0.39, 0.29) is 48.5 Å². The van der Waals surface area contributed by atoms with Gasteiger partial charge >= 0.3 is 18.2 Å². The lowest BCUT2D eigenvalue weighted by molar-refractivity contribution is -0.150. The van der Waals surface area contributed by atoms with E-state index in [1.807, 2.05) is 4.90 Å². The van der Waals surface area contributed by atoms with E-state index in [2.05, 4.69) is 15.7 Å². The number of fused-ring (bicyclic) bond motifs is 1. The van der Waals surface area contributed by atoms with Gasteiger partial charge in [-0.3, -0.25) is 19.6 Å². The first-order valence-electron chi connectivity index (χ1n) is 21.1. The Hall–Kier alpha value is -4.89. The quantitative estimate of drug-likeness (QED) is 0.0902. The van der Waals surface area contributed by atoms with Crippen molar-refractivity contribution in [3.05, 3.63) is 51.9 Å². The fourth-order valence-electron chi connectivity index (χ4n) is 7.88. The molecule has 3 atom stereocenters. The number of hydrogen-bond donors (Lipinski definition) is 3. The molecule has 0 aliphatic carbocycles. The van der Waals surface area contributed by atoms with Crippen molar-refractivity contribution < 1.29 is 56.0 Å². The van der Waals surface area contributed by atoms with E-state index in [9.17, 15) is 32.7 Å². The summed E-state index contributed by atoms with van der Waals surface area (Å²) in [6.07, 6.45) is -3.73. The summed E-state index contributed by atoms with van der Waals surface area (Å²) < 4.78 is 83.4. The van der Waals surface area contributed by atoms with Crippen LogP contribution in [0.1, 0.15) is 76.8 Å². The molecule has 2 aliphatic rings. The van der Waals surface area contributed by atoms with Gasteiger partial charge in [0.15, 0.2) is 0 Å². The molecule has 0 bridgehead atoms. The SMILES string of the molecule is COC(=O)[C@@H]1CCCN(C(=O)[C@H](Cc2nc(-c3cc4c(CC(C)(C)CO)c(-c5cc(N6CCOCC6)cnc5[C@H](C)OC)n(CC(F)(F)F)c4cc3F)cs2)NC(=O)OC(C)(C)C)N1. The van der Waals surface area contributed by atoms with Crippen molar-refractivity contribution in [3.63, 3.8) is 0 Å². The maximum absolute atomic E-state index is 16.6. The van der Waals surface area contributed by atoms with E-state index in [0.29, 0.717) is 72.0 Å². The van der Waals surface area contributed by atoms with Gasteiger partial charge in [0.2, 0.25) is 0 Å². The van der Waals surface area contributed by atoms with Crippen LogP contribution in [0, 0.1) is 11.2 Å². The first-order valence-corrected chi connectivity index (χ1v) is 22.0. The summed E-state index contributed by atoms with van der Waals surface area (Å²) in [5.74, 6) is -1.97. The van der Waals surface area contributed by atoms with Crippen LogP contribution < -0.4 is 15.6 Å². The third-order valence-electron chi connectivity index (χ3n) is 11.1. The highest BCUT2D eigenvalue weighted by Crippen LogP contribution is 2.44. The molecule has 2 fully saturated rings. The number of benzene rings is 1. The summed E-state index contributed by atoms with van der Waals surface area (Å²) in [5.41, 5.74) is 3.29. The van der Waals surface area contributed by atoms with Gasteiger partial charge in [0.1, 0.15) is 30.0 Å². The average molecular weight is 920 g/mol. The third kappa shape index (κ3) is 11.5. The number of alkyl carbamates (subject to hydrolysis) is 1. The van der Waals surface area contributed by atoms with E-state index < -0.39 is 65.7 Å². The Kier molecular flexibility index (Phi) is 14.9. The van der Waals surface area contributed by atoms with Crippen LogP contribution in [0.4, 0.5) is 28.0 Å². The van der Waals surface area contributed by atoms with E-state index in [0.717, 1.165) is 22.0 Å². The van der Waals surface area contributed by atoms with Crippen molar-refractivity contribution in [2.45, 2.75) is 104 Å². The molecular weight excluding hydrogens is 863 g/mol. The maximum atomic E-state index is 16.6. The van der Waals surface area contributed by atoms with Crippen LogP contribution in [0.5, 0.6) is 0 Å². The number of hydrogen-bond acceptors (Lipinski definition) is 13. The Morgan fingerprint density at radius 1 is 1.06 bits per heavy atom. The van der Waals surface area contributed by atoms with Crippen LogP contribution in [-0.2, 0) is 47.9 Å². The number of rotatable bonds is 14. The second kappa shape index (κ2) is 19.7. The number of halogens is 4. The third-order valence-corrected chi connectivity index (χ3v) is 12.0. The zero-order valence-corrected chi connectivity index (χ0v) is 38.2. The molecule has 2 amide bonds. The first-order chi connectivity index (χ1) is 30.1. The summed E-state index contributed by atoms with van der Waals surface area (Å²) in [6, 6.07) is 2.33. The predicted molar refractivity (Wildman–Crippen MR) is 232 cm³/mol. The molecule has 2 aliphatic heterocycles. The molecule has 6 rings (SSSR count). The largest absolute Gasteiger partial charge is 0.468 e. The van der Waals surface area contributed by atoms with E-state index in [1.165, 1.54) is 25.3 Å². The number of thiazole rings is 1. The van der Waals surface area contributed by atoms with Gasteiger partial charge in [0.25, 0.3) is 5.91 Å². The van der Waals surface area contributed by atoms with Crippen molar-refractivity contribution in [1.82, 2.24) is 30.3 Å². The lowest BCUT2D eigenvalue weighted by atomic mass is 9.84. The average Bonchev–Trinajstić information content (AvgIpc) is 3.82.